The number of hydrogen-bond donors (Lipinski definition) is 1. The molecule has 0 unspecified atom stereocenters. The van der Waals surface area contributed by atoms with Crippen LogP contribution in [0.1, 0.15) is 16.2 Å². The first kappa shape index (κ1) is 19.2. The van der Waals surface area contributed by atoms with Gasteiger partial charge >= 0.3 is 11.8 Å². The summed E-state index contributed by atoms with van der Waals surface area (Å²) in [6.45, 7) is -0.367. The Morgan fingerprint density at radius 2 is 1.93 bits per heavy atom. The van der Waals surface area contributed by atoms with E-state index in [2.05, 4.69) is 9.71 Å². The smallest absolute Gasteiger partial charge is 0.339 e. The van der Waals surface area contributed by atoms with E-state index in [1.165, 1.54) is 48.8 Å². The van der Waals surface area contributed by atoms with E-state index in [9.17, 15) is 22.8 Å². The van der Waals surface area contributed by atoms with Gasteiger partial charge in [-0.3, -0.25) is 4.72 Å². The molecule has 0 atom stereocenters. The minimum absolute atomic E-state index is 0.0161. The van der Waals surface area contributed by atoms with E-state index in [0.717, 1.165) is 18.2 Å². The number of hydrogen-bond acceptors (Lipinski definition) is 6. The van der Waals surface area contributed by atoms with Crippen molar-refractivity contribution in [2.75, 3.05) is 4.72 Å². The van der Waals surface area contributed by atoms with Crippen molar-refractivity contribution < 1.29 is 27.1 Å². The number of anilines is 1. The maximum Gasteiger partial charge on any atom is 0.339 e. The summed E-state index contributed by atoms with van der Waals surface area (Å²) >= 11 is 0. The normalized spacial score (nSPS) is 11.0. The minimum atomic E-state index is -4.00. The lowest BCUT2D eigenvalue weighted by molar-refractivity contribution is -0.620. The monoisotopic (exact) mass is 403 g/mol. The molecule has 0 amide bonds. The van der Waals surface area contributed by atoms with Crippen molar-refractivity contribution in [2.24, 2.45) is 0 Å². The number of carbonyl (C=O) groups is 1. The van der Waals surface area contributed by atoms with Gasteiger partial charge in [-0.25, -0.2) is 22.3 Å². The van der Waals surface area contributed by atoms with Crippen molar-refractivity contribution in [2.45, 2.75) is 11.5 Å². The van der Waals surface area contributed by atoms with E-state index in [1.807, 2.05) is 0 Å². The Bertz CT molecular complexity index is 1100. The third-order valence-corrected chi connectivity index (χ3v) is 4.97. The molecule has 28 heavy (non-hydrogen) atoms. The van der Waals surface area contributed by atoms with Crippen molar-refractivity contribution in [1.82, 2.24) is 4.98 Å². The van der Waals surface area contributed by atoms with Gasteiger partial charge < -0.3 is 9.94 Å². The van der Waals surface area contributed by atoms with Crippen LogP contribution in [0.4, 0.5) is 10.1 Å². The number of sulfonamides is 1. The highest BCUT2D eigenvalue weighted by molar-refractivity contribution is 7.92. The molecule has 0 saturated heterocycles. The number of esters is 1. The first-order chi connectivity index (χ1) is 13.3. The second-order valence-electron chi connectivity index (χ2n) is 5.58. The minimum Gasteiger partial charge on any atom is -0.711 e. The summed E-state index contributed by atoms with van der Waals surface area (Å²) in [5.41, 5.74) is 0.153. The van der Waals surface area contributed by atoms with Gasteiger partial charge in [0.25, 0.3) is 10.0 Å². The molecule has 3 aromatic rings. The lowest BCUT2D eigenvalue weighted by Crippen LogP contribution is -2.33. The first-order valence-corrected chi connectivity index (χ1v) is 9.42. The average molecular weight is 403 g/mol. The van der Waals surface area contributed by atoms with Crippen LogP contribution in [-0.2, 0) is 21.4 Å². The average Bonchev–Trinajstić information content (AvgIpc) is 2.69. The number of aromatic nitrogens is 2. The van der Waals surface area contributed by atoms with Gasteiger partial charge in [-0.15, -0.1) is 0 Å². The fourth-order valence-electron chi connectivity index (χ4n) is 2.23. The van der Waals surface area contributed by atoms with Crippen LogP contribution in [-0.4, -0.2) is 19.4 Å². The summed E-state index contributed by atoms with van der Waals surface area (Å²) in [7, 11) is -4.00. The highest BCUT2D eigenvalue weighted by atomic mass is 32.2. The van der Waals surface area contributed by atoms with Gasteiger partial charge in [-0.1, -0.05) is 6.07 Å². The van der Waals surface area contributed by atoms with Crippen molar-refractivity contribution in [3.8, 4) is 0 Å². The van der Waals surface area contributed by atoms with Crippen LogP contribution in [0.25, 0.3) is 0 Å². The van der Waals surface area contributed by atoms with Crippen LogP contribution in [0.15, 0.2) is 71.9 Å². The molecule has 0 aliphatic carbocycles. The Morgan fingerprint density at radius 1 is 1.18 bits per heavy atom. The molecule has 8 nitrogen and oxygen atoms in total. The summed E-state index contributed by atoms with van der Waals surface area (Å²) < 4.78 is 45.7. The van der Waals surface area contributed by atoms with Gasteiger partial charge in [0.15, 0.2) is 6.61 Å². The summed E-state index contributed by atoms with van der Waals surface area (Å²) in [5.74, 6) is -1.33. The molecule has 0 bridgehead atoms. The van der Waals surface area contributed by atoms with Crippen molar-refractivity contribution >= 4 is 21.7 Å². The Kier molecular flexibility index (Phi) is 5.50. The highest BCUT2D eigenvalue weighted by Gasteiger charge is 2.18. The number of rotatable bonds is 6. The number of benzene rings is 2. The third-order valence-electron chi connectivity index (χ3n) is 3.59. The van der Waals surface area contributed by atoms with Gasteiger partial charge in [0.1, 0.15) is 12.0 Å². The fraction of sp³-hybridized carbons (Fsp3) is 0.0556. The van der Waals surface area contributed by atoms with Gasteiger partial charge in [-0.2, -0.15) is 0 Å². The van der Waals surface area contributed by atoms with E-state index in [1.54, 1.807) is 0 Å². The SMILES string of the molecule is O=C(OCc1nccc[n+]1[O-])c1cccc(S(=O)(=O)Nc2ccc(F)cc2)c1. The number of ether oxygens (including phenoxy) is 1. The van der Waals surface area contributed by atoms with Crippen LogP contribution in [0.5, 0.6) is 0 Å². The van der Waals surface area contributed by atoms with Crippen molar-refractivity contribution in [1.29, 1.82) is 0 Å². The second-order valence-corrected chi connectivity index (χ2v) is 7.26. The zero-order valence-corrected chi connectivity index (χ0v) is 15.1. The molecule has 2 aromatic carbocycles. The predicted molar refractivity (Wildman–Crippen MR) is 96.0 cm³/mol. The predicted octanol–water partition coefficient (Wildman–Crippen LogP) is 2.01. The molecule has 0 spiro atoms. The van der Waals surface area contributed by atoms with Gasteiger partial charge in [0.05, 0.1) is 16.7 Å². The van der Waals surface area contributed by atoms with Crippen LogP contribution >= 0.6 is 0 Å². The van der Waals surface area contributed by atoms with Crippen LogP contribution in [0, 0.1) is 11.0 Å². The molecule has 0 radical (unpaired) electrons. The van der Waals surface area contributed by atoms with Gasteiger partial charge in [-0.05, 0) is 47.4 Å². The maximum absolute atomic E-state index is 13.0. The number of halogens is 1. The number of nitrogens with zero attached hydrogens (tertiary/aromatic N) is 2. The molecule has 0 aliphatic heterocycles. The largest absolute Gasteiger partial charge is 0.711 e. The van der Waals surface area contributed by atoms with Crippen LogP contribution in [0.2, 0.25) is 0 Å². The summed E-state index contributed by atoms with van der Waals surface area (Å²) in [4.78, 5) is 15.8. The Labute approximate surface area is 159 Å². The molecule has 0 saturated carbocycles. The molecule has 1 heterocycles. The van der Waals surface area contributed by atoms with E-state index in [4.69, 9.17) is 4.74 Å². The zero-order valence-electron chi connectivity index (χ0n) is 14.3. The molecule has 144 valence electrons. The third kappa shape index (κ3) is 4.60. The highest BCUT2D eigenvalue weighted by Crippen LogP contribution is 2.18. The van der Waals surface area contributed by atoms with Gasteiger partial charge in [0, 0.05) is 11.8 Å². The Morgan fingerprint density at radius 3 is 2.64 bits per heavy atom. The van der Waals surface area contributed by atoms with Crippen LogP contribution < -0.4 is 9.45 Å². The summed E-state index contributed by atoms with van der Waals surface area (Å²) in [6, 6.07) is 11.4. The van der Waals surface area contributed by atoms with Gasteiger partial charge in [0.2, 0.25) is 0 Å². The Hall–Kier alpha value is -3.53. The number of nitrogens with one attached hydrogen (secondary N) is 1. The first-order valence-electron chi connectivity index (χ1n) is 7.94. The fourth-order valence-corrected chi connectivity index (χ4v) is 3.33. The van der Waals surface area contributed by atoms with E-state index < -0.39 is 21.8 Å². The van der Waals surface area contributed by atoms with E-state index in [0.29, 0.717) is 4.73 Å². The molecule has 1 N–H and O–H groups in total. The molecular formula is C18H14FN3O5S. The topological polar surface area (TPSA) is 112 Å². The zero-order chi connectivity index (χ0) is 20.1. The lowest BCUT2D eigenvalue weighted by Gasteiger charge is -2.10. The molecule has 3 rings (SSSR count). The molecule has 10 heteroatoms. The van der Waals surface area contributed by atoms with E-state index >= 15 is 0 Å². The molecule has 1 aromatic heterocycles. The Balaban J connectivity index is 1.74. The van der Waals surface area contributed by atoms with E-state index in [-0.39, 0.29) is 28.6 Å². The molecule has 0 fully saturated rings. The molecular weight excluding hydrogens is 389 g/mol. The van der Waals surface area contributed by atoms with Crippen LogP contribution in [0.3, 0.4) is 0 Å². The quantitative estimate of drug-likeness (QED) is 0.383. The lowest BCUT2D eigenvalue weighted by atomic mass is 10.2. The van der Waals surface area contributed by atoms with Crippen molar-refractivity contribution in [3.05, 3.63) is 89.4 Å². The summed E-state index contributed by atoms with van der Waals surface area (Å²) in [5, 5.41) is 11.5. The second kappa shape index (κ2) is 8.01. The summed E-state index contributed by atoms with van der Waals surface area (Å²) in [6.07, 6.45) is 2.59. The number of carbonyl (C=O) groups excluding carboxylic acids is 1. The molecule has 0 aliphatic rings. The maximum atomic E-state index is 13.0. The van der Waals surface area contributed by atoms with Crippen molar-refractivity contribution in [3.63, 3.8) is 0 Å². The standard InChI is InChI=1S/C18H14FN3O5S/c19-14-5-7-15(8-6-14)21-28(25,26)16-4-1-3-13(11-16)18(23)27-12-17-20-9-2-10-22(17)24/h1-11,21H,12H2.